The summed E-state index contributed by atoms with van der Waals surface area (Å²) in [5.41, 5.74) is 6.22. The molecule has 0 aliphatic carbocycles. The topological polar surface area (TPSA) is 100 Å². The van der Waals surface area contributed by atoms with Crippen molar-refractivity contribution in [2.24, 2.45) is 5.73 Å². The molecule has 24 heavy (non-hydrogen) atoms. The number of carbonyl (C=O) groups is 2. The fourth-order valence-electron chi connectivity index (χ4n) is 2.88. The van der Waals surface area contributed by atoms with Gasteiger partial charge in [0.1, 0.15) is 6.04 Å². The van der Waals surface area contributed by atoms with Gasteiger partial charge >= 0.3 is 6.03 Å². The molecule has 0 aromatic carbocycles. The van der Waals surface area contributed by atoms with Crippen LogP contribution in [0.25, 0.3) is 0 Å². The molecule has 134 valence electrons. The first-order valence-electron chi connectivity index (χ1n) is 8.10. The maximum atomic E-state index is 12.9. The van der Waals surface area contributed by atoms with Gasteiger partial charge in [-0.05, 0) is 18.1 Å². The molecule has 2 heterocycles. The maximum Gasteiger partial charge on any atom is 0.312 e. The summed E-state index contributed by atoms with van der Waals surface area (Å²) in [6.45, 7) is 4.06. The molecule has 7 nitrogen and oxygen atoms in total. The fraction of sp³-hybridized carbons (Fsp3) is 0.562. The lowest BCUT2D eigenvalue weighted by molar-refractivity contribution is -0.136. The minimum absolute atomic E-state index is 0. The smallest absolute Gasteiger partial charge is 0.312 e. The predicted molar refractivity (Wildman–Crippen MR) is 94.8 cm³/mol. The molecule has 1 aliphatic heterocycles. The number of pyridine rings is 1. The summed E-state index contributed by atoms with van der Waals surface area (Å²) in [4.78, 5) is 30.1. The van der Waals surface area contributed by atoms with E-state index in [4.69, 9.17) is 5.73 Å². The number of nitrogens with one attached hydrogen (secondary N) is 2. The second-order valence-corrected chi connectivity index (χ2v) is 5.74. The number of unbranched alkanes of at least 4 members (excludes halogenated alkanes) is 1. The van der Waals surface area contributed by atoms with Crippen molar-refractivity contribution >= 4 is 24.3 Å². The Kier molecular flexibility index (Phi) is 8.49. The first kappa shape index (κ1) is 20.2. The molecule has 0 bridgehead atoms. The molecular weight excluding hydrogens is 330 g/mol. The number of primary amides is 1. The quantitative estimate of drug-likeness (QED) is 0.713. The van der Waals surface area contributed by atoms with Gasteiger partial charge in [0.15, 0.2) is 0 Å². The van der Waals surface area contributed by atoms with Gasteiger partial charge in [0.25, 0.3) is 0 Å². The minimum atomic E-state index is -0.660. The predicted octanol–water partition coefficient (Wildman–Crippen LogP) is 1.20. The van der Waals surface area contributed by atoms with Gasteiger partial charge < -0.3 is 21.3 Å². The lowest BCUT2D eigenvalue weighted by atomic mass is 10.0. The SMILES string of the molecule is CCCCC(NC(N)=O)C(=O)N1CCNCC1c1cccnc1.Cl. The molecule has 3 amide bonds. The standard InChI is InChI=1S/C16H25N5O2.ClH/c1-2-3-6-13(20-16(17)23)15(22)21-9-8-19-11-14(21)12-5-4-7-18-10-12;/h4-5,7,10,13-14,19H,2-3,6,8-9,11H2,1H3,(H3,17,20,23);1H. The third kappa shape index (κ3) is 5.35. The molecule has 1 aromatic heterocycles. The minimum Gasteiger partial charge on any atom is -0.352 e. The first-order valence-corrected chi connectivity index (χ1v) is 8.10. The molecule has 8 heteroatoms. The fourth-order valence-corrected chi connectivity index (χ4v) is 2.88. The molecule has 0 spiro atoms. The number of piperazine rings is 1. The van der Waals surface area contributed by atoms with E-state index in [0.717, 1.165) is 24.9 Å². The van der Waals surface area contributed by atoms with E-state index in [-0.39, 0.29) is 24.4 Å². The number of halogens is 1. The van der Waals surface area contributed by atoms with Crippen LogP contribution in [0.15, 0.2) is 24.5 Å². The van der Waals surface area contributed by atoms with Crippen LogP contribution >= 0.6 is 12.4 Å². The Hall–Kier alpha value is -1.86. The van der Waals surface area contributed by atoms with Gasteiger partial charge in [0.2, 0.25) is 5.91 Å². The largest absolute Gasteiger partial charge is 0.352 e. The zero-order valence-electron chi connectivity index (χ0n) is 13.9. The van der Waals surface area contributed by atoms with Crippen LogP contribution in [-0.2, 0) is 4.79 Å². The number of carbonyl (C=O) groups excluding carboxylic acids is 2. The molecule has 0 saturated carbocycles. The molecule has 1 aromatic rings. The van der Waals surface area contributed by atoms with Crippen molar-refractivity contribution in [3.63, 3.8) is 0 Å². The summed E-state index contributed by atoms with van der Waals surface area (Å²) >= 11 is 0. The summed E-state index contributed by atoms with van der Waals surface area (Å²) in [6.07, 6.45) is 5.91. The number of nitrogens with zero attached hydrogens (tertiary/aromatic N) is 2. The Bertz CT molecular complexity index is 528. The average Bonchev–Trinajstić information content (AvgIpc) is 2.58. The van der Waals surface area contributed by atoms with Gasteiger partial charge in [-0.15, -0.1) is 12.4 Å². The van der Waals surface area contributed by atoms with Crippen molar-refractivity contribution in [1.29, 1.82) is 0 Å². The van der Waals surface area contributed by atoms with Crippen LogP contribution in [-0.4, -0.2) is 47.5 Å². The van der Waals surface area contributed by atoms with Crippen LogP contribution in [0.2, 0.25) is 0 Å². The molecule has 4 N–H and O–H groups in total. The number of rotatable bonds is 6. The van der Waals surface area contributed by atoms with Gasteiger partial charge in [-0.3, -0.25) is 9.78 Å². The van der Waals surface area contributed by atoms with E-state index in [1.54, 1.807) is 12.4 Å². The molecule has 0 radical (unpaired) electrons. The van der Waals surface area contributed by atoms with E-state index in [1.165, 1.54) is 0 Å². The Balaban J connectivity index is 0.00000288. The Morgan fingerprint density at radius 3 is 2.96 bits per heavy atom. The molecule has 2 atom stereocenters. The van der Waals surface area contributed by atoms with Crippen LogP contribution in [0.3, 0.4) is 0 Å². The lowest BCUT2D eigenvalue weighted by Crippen LogP contribution is -2.56. The number of nitrogens with two attached hydrogens (primary N) is 1. The number of aromatic nitrogens is 1. The number of hydrogen-bond acceptors (Lipinski definition) is 4. The zero-order valence-corrected chi connectivity index (χ0v) is 14.7. The van der Waals surface area contributed by atoms with E-state index >= 15 is 0 Å². The summed E-state index contributed by atoms with van der Waals surface area (Å²) in [7, 11) is 0. The van der Waals surface area contributed by atoms with Crippen molar-refractivity contribution in [3.05, 3.63) is 30.1 Å². The van der Waals surface area contributed by atoms with E-state index in [9.17, 15) is 9.59 Å². The van der Waals surface area contributed by atoms with E-state index in [0.29, 0.717) is 19.5 Å². The Labute approximate surface area is 148 Å². The van der Waals surface area contributed by atoms with E-state index in [2.05, 4.69) is 22.5 Å². The van der Waals surface area contributed by atoms with Crippen molar-refractivity contribution in [3.8, 4) is 0 Å². The highest BCUT2D eigenvalue weighted by Crippen LogP contribution is 2.23. The highest BCUT2D eigenvalue weighted by atomic mass is 35.5. The summed E-state index contributed by atoms with van der Waals surface area (Å²) in [6, 6.07) is 2.53. The van der Waals surface area contributed by atoms with Crippen LogP contribution in [0.1, 0.15) is 37.8 Å². The maximum absolute atomic E-state index is 12.9. The van der Waals surface area contributed by atoms with Crippen LogP contribution < -0.4 is 16.4 Å². The zero-order chi connectivity index (χ0) is 16.7. The van der Waals surface area contributed by atoms with Crippen molar-refractivity contribution in [1.82, 2.24) is 20.5 Å². The molecular formula is C16H26ClN5O2. The van der Waals surface area contributed by atoms with Gasteiger partial charge in [-0.25, -0.2) is 4.79 Å². The number of amides is 3. The van der Waals surface area contributed by atoms with Gasteiger partial charge in [0.05, 0.1) is 6.04 Å². The van der Waals surface area contributed by atoms with Crippen molar-refractivity contribution in [2.45, 2.75) is 38.3 Å². The average molecular weight is 356 g/mol. The highest BCUT2D eigenvalue weighted by molar-refractivity contribution is 5.87. The third-order valence-corrected chi connectivity index (χ3v) is 4.06. The summed E-state index contributed by atoms with van der Waals surface area (Å²) in [5.74, 6) is -0.0763. The summed E-state index contributed by atoms with van der Waals surface area (Å²) < 4.78 is 0. The lowest BCUT2D eigenvalue weighted by Gasteiger charge is -2.38. The molecule has 1 aliphatic rings. The second-order valence-electron chi connectivity index (χ2n) is 5.74. The van der Waals surface area contributed by atoms with Gasteiger partial charge in [-0.1, -0.05) is 25.8 Å². The van der Waals surface area contributed by atoms with Crippen LogP contribution in [0.5, 0.6) is 0 Å². The van der Waals surface area contributed by atoms with Gasteiger partial charge in [0, 0.05) is 32.0 Å². The van der Waals surface area contributed by atoms with Crippen LogP contribution in [0, 0.1) is 0 Å². The molecule has 2 unspecified atom stereocenters. The van der Waals surface area contributed by atoms with E-state index in [1.807, 2.05) is 17.0 Å². The highest BCUT2D eigenvalue weighted by Gasteiger charge is 2.32. The summed E-state index contributed by atoms with van der Waals surface area (Å²) in [5, 5.41) is 5.90. The molecule has 1 saturated heterocycles. The molecule has 2 rings (SSSR count). The second kappa shape index (κ2) is 10.1. The number of urea groups is 1. The first-order chi connectivity index (χ1) is 11.1. The molecule has 1 fully saturated rings. The Morgan fingerprint density at radius 2 is 2.33 bits per heavy atom. The van der Waals surface area contributed by atoms with Crippen molar-refractivity contribution in [2.75, 3.05) is 19.6 Å². The Morgan fingerprint density at radius 1 is 1.54 bits per heavy atom. The monoisotopic (exact) mass is 355 g/mol. The van der Waals surface area contributed by atoms with E-state index < -0.39 is 12.1 Å². The van der Waals surface area contributed by atoms with Gasteiger partial charge in [-0.2, -0.15) is 0 Å². The van der Waals surface area contributed by atoms with Crippen molar-refractivity contribution < 1.29 is 9.59 Å². The number of hydrogen-bond donors (Lipinski definition) is 3. The normalized spacial score (nSPS) is 18.4. The third-order valence-electron chi connectivity index (χ3n) is 4.06. The van der Waals surface area contributed by atoms with Crippen LogP contribution in [0.4, 0.5) is 4.79 Å².